The highest BCUT2D eigenvalue weighted by Gasteiger charge is 2.20. The van der Waals surface area contributed by atoms with Crippen molar-refractivity contribution in [2.24, 2.45) is 0 Å². The molecule has 0 amide bonds. The van der Waals surface area contributed by atoms with E-state index in [0.29, 0.717) is 13.2 Å². The van der Waals surface area contributed by atoms with E-state index in [-0.39, 0.29) is 24.7 Å². The van der Waals surface area contributed by atoms with Crippen LogP contribution in [0.15, 0.2) is 12.2 Å². The Morgan fingerprint density at radius 3 is 2.27 bits per heavy atom. The van der Waals surface area contributed by atoms with E-state index in [1.165, 1.54) is 25.7 Å². The lowest BCUT2D eigenvalue weighted by Crippen LogP contribution is -2.25. The van der Waals surface area contributed by atoms with Crippen LogP contribution in [-0.4, -0.2) is 50.4 Å². The molecule has 172 valence electrons. The lowest BCUT2D eigenvalue weighted by atomic mass is 9.98. The molecular formula is C23H38O7. The van der Waals surface area contributed by atoms with Crippen LogP contribution in [0.1, 0.15) is 84.0 Å². The zero-order valence-corrected chi connectivity index (χ0v) is 18.5. The van der Waals surface area contributed by atoms with Crippen LogP contribution < -0.4 is 0 Å². The van der Waals surface area contributed by atoms with Gasteiger partial charge in [0, 0.05) is 12.2 Å². The standard InChI is InChI=1S/C23H38O7/c1-3-4-5-6-7-11-14-27-15-16-28-21(24)17-19(2)23(26)29-18-22(25)30-20-12-9-8-10-13-20/h20H,2-18H2,1H3. The summed E-state index contributed by atoms with van der Waals surface area (Å²) in [6, 6.07) is 0. The van der Waals surface area contributed by atoms with E-state index in [1.54, 1.807) is 0 Å². The van der Waals surface area contributed by atoms with Crippen LogP contribution in [-0.2, 0) is 33.3 Å². The molecule has 1 aliphatic carbocycles. The summed E-state index contributed by atoms with van der Waals surface area (Å²) in [5.74, 6) is -1.95. The smallest absolute Gasteiger partial charge is 0.344 e. The van der Waals surface area contributed by atoms with Gasteiger partial charge in [-0.25, -0.2) is 9.59 Å². The van der Waals surface area contributed by atoms with Gasteiger partial charge in [0.1, 0.15) is 12.7 Å². The summed E-state index contributed by atoms with van der Waals surface area (Å²) in [6.07, 6.45) is 11.7. The molecule has 0 unspecified atom stereocenters. The molecule has 7 nitrogen and oxygen atoms in total. The first-order chi connectivity index (χ1) is 14.5. The highest BCUT2D eigenvalue weighted by atomic mass is 16.6. The minimum Gasteiger partial charge on any atom is -0.463 e. The molecule has 7 heteroatoms. The Labute approximate surface area is 180 Å². The Hall–Kier alpha value is -1.89. The minimum absolute atomic E-state index is 0.0570. The van der Waals surface area contributed by atoms with Gasteiger partial charge in [0.25, 0.3) is 0 Å². The number of rotatable bonds is 16. The fraction of sp³-hybridized carbons (Fsp3) is 0.783. The van der Waals surface area contributed by atoms with Crippen LogP contribution in [0.2, 0.25) is 0 Å². The number of carbonyl (C=O) groups is 3. The van der Waals surface area contributed by atoms with Crippen LogP contribution in [0, 0.1) is 0 Å². The zero-order valence-electron chi connectivity index (χ0n) is 18.5. The highest BCUT2D eigenvalue weighted by molar-refractivity contribution is 5.94. The van der Waals surface area contributed by atoms with E-state index < -0.39 is 24.5 Å². The van der Waals surface area contributed by atoms with Crippen molar-refractivity contribution >= 4 is 17.9 Å². The van der Waals surface area contributed by atoms with Crippen LogP contribution in [0.5, 0.6) is 0 Å². The molecule has 0 aliphatic heterocycles. The van der Waals surface area contributed by atoms with Gasteiger partial charge < -0.3 is 18.9 Å². The van der Waals surface area contributed by atoms with Gasteiger partial charge in [-0.2, -0.15) is 0 Å². The zero-order chi connectivity index (χ0) is 22.0. The summed E-state index contributed by atoms with van der Waals surface area (Å²) >= 11 is 0. The second-order valence-electron chi connectivity index (χ2n) is 7.71. The fourth-order valence-corrected chi connectivity index (χ4v) is 3.23. The van der Waals surface area contributed by atoms with E-state index in [9.17, 15) is 14.4 Å². The molecule has 0 atom stereocenters. The minimum atomic E-state index is -0.799. The Morgan fingerprint density at radius 2 is 1.53 bits per heavy atom. The maximum Gasteiger partial charge on any atom is 0.344 e. The van der Waals surface area contributed by atoms with Gasteiger partial charge in [0.2, 0.25) is 0 Å². The van der Waals surface area contributed by atoms with Gasteiger partial charge >= 0.3 is 17.9 Å². The average molecular weight is 427 g/mol. The molecule has 0 aromatic carbocycles. The van der Waals surface area contributed by atoms with Crippen molar-refractivity contribution in [1.29, 1.82) is 0 Å². The van der Waals surface area contributed by atoms with Crippen molar-refractivity contribution in [3.05, 3.63) is 12.2 Å². The number of esters is 3. The molecule has 0 spiro atoms. The molecule has 1 saturated carbocycles. The molecule has 0 aromatic rings. The van der Waals surface area contributed by atoms with Crippen LogP contribution in [0.25, 0.3) is 0 Å². The van der Waals surface area contributed by atoms with E-state index in [0.717, 1.165) is 44.9 Å². The largest absolute Gasteiger partial charge is 0.463 e. The second-order valence-corrected chi connectivity index (χ2v) is 7.71. The van der Waals surface area contributed by atoms with Crippen molar-refractivity contribution in [1.82, 2.24) is 0 Å². The summed E-state index contributed by atoms with van der Waals surface area (Å²) in [6.45, 7) is 6.35. The summed E-state index contributed by atoms with van der Waals surface area (Å²) < 4.78 is 20.6. The number of ether oxygens (including phenoxy) is 4. The predicted octanol–water partition coefficient (Wildman–Crippen LogP) is 4.27. The van der Waals surface area contributed by atoms with Gasteiger partial charge in [0.15, 0.2) is 6.61 Å². The van der Waals surface area contributed by atoms with E-state index in [2.05, 4.69) is 13.5 Å². The number of unbranched alkanes of at least 4 members (excludes halogenated alkanes) is 5. The Balaban J connectivity index is 2.01. The summed E-state index contributed by atoms with van der Waals surface area (Å²) in [5, 5.41) is 0. The molecular weight excluding hydrogens is 388 g/mol. The van der Waals surface area contributed by atoms with Crippen LogP contribution in [0.3, 0.4) is 0 Å². The van der Waals surface area contributed by atoms with Crippen LogP contribution >= 0.6 is 0 Å². The molecule has 1 fully saturated rings. The van der Waals surface area contributed by atoms with Crippen LogP contribution in [0.4, 0.5) is 0 Å². The third-order valence-corrected chi connectivity index (χ3v) is 4.95. The maximum absolute atomic E-state index is 11.9. The molecule has 0 saturated heterocycles. The topological polar surface area (TPSA) is 88.1 Å². The molecule has 0 radical (unpaired) electrons. The third kappa shape index (κ3) is 13.4. The maximum atomic E-state index is 11.9. The van der Waals surface area contributed by atoms with Gasteiger partial charge in [-0.05, 0) is 32.1 Å². The van der Waals surface area contributed by atoms with E-state index >= 15 is 0 Å². The monoisotopic (exact) mass is 426 g/mol. The molecule has 1 rings (SSSR count). The predicted molar refractivity (Wildman–Crippen MR) is 113 cm³/mol. The lowest BCUT2D eigenvalue weighted by molar-refractivity contribution is -0.161. The van der Waals surface area contributed by atoms with Gasteiger partial charge in [0.05, 0.1) is 13.0 Å². The molecule has 1 aliphatic rings. The molecule has 0 N–H and O–H groups in total. The van der Waals surface area contributed by atoms with Gasteiger partial charge in [-0.15, -0.1) is 0 Å². The Kier molecular flexibility index (Phi) is 14.7. The Bertz CT molecular complexity index is 524. The van der Waals surface area contributed by atoms with Crippen molar-refractivity contribution in [2.75, 3.05) is 26.4 Å². The highest BCUT2D eigenvalue weighted by Crippen LogP contribution is 2.20. The van der Waals surface area contributed by atoms with Crippen molar-refractivity contribution in [3.8, 4) is 0 Å². The molecule has 0 aromatic heterocycles. The average Bonchev–Trinajstić information content (AvgIpc) is 2.74. The van der Waals surface area contributed by atoms with Crippen molar-refractivity contribution < 1.29 is 33.3 Å². The summed E-state index contributed by atoms with van der Waals surface area (Å²) in [5.41, 5.74) is -0.0570. The second kappa shape index (κ2) is 16.9. The van der Waals surface area contributed by atoms with Gasteiger partial charge in [-0.1, -0.05) is 52.0 Å². The number of hydrogen-bond donors (Lipinski definition) is 0. The molecule has 30 heavy (non-hydrogen) atoms. The normalized spacial score (nSPS) is 14.2. The van der Waals surface area contributed by atoms with Gasteiger partial charge in [-0.3, -0.25) is 4.79 Å². The summed E-state index contributed by atoms with van der Waals surface area (Å²) in [4.78, 5) is 35.4. The number of hydrogen-bond acceptors (Lipinski definition) is 7. The quantitative estimate of drug-likeness (QED) is 0.158. The molecule has 0 bridgehead atoms. The first-order valence-corrected chi connectivity index (χ1v) is 11.3. The SMILES string of the molecule is C=C(CC(=O)OCCOCCCCCCCC)C(=O)OCC(=O)OC1CCCCC1. The fourth-order valence-electron chi connectivity index (χ4n) is 3.23. The van der Waals surface area contributed by atoms with E-state index in [4.69, 9.17) is 18.9 Å². The first kappa shape index (κ1) is 26.1. The van der Waals surface area contributed by atoms with E-state index in [1.807, 2.05) is 0 Å². The Morgan fingerprint density at radius 1 is 0.833 bits per heavy atom. The van der Waals surface area contributed by atoms with Crippen molar-refractivity contribution in [2.45, 2.75) is 90.1 Å². The summed E-state index contributed by atoms with van der Waals surface area (Å²) in [7, 11) is 0. The molecule has 0 heterocycles. The first-order valence-electron chi connectivity index (χ1n) is 11.3. The number of carbonyl (C=O) groups excluding carboxylic acids is 3. The lowest BCUT2D eigenvalue weighted by Gasteiger charge is -2.21. The third-order valence-electron chi connectivity index (χ3n) is 4.95. The van der Waals surface area contributed by atoms with Crippen molar-refractivity contribution in [3.63, 3.8) is 0 Å².